The number of fused-ring (bicyclic) bond motifs is 1. The minimum Gasteiger partial charge on any atom is -0.354 e. The monoisotopic (exact) mass is 392 g/mol. The number of hydrogen-bond acceptors (Lipinski definition) is 4. The predicted octanol–water partition coefficient (Wildman–Crippen LogP) is 3.98. The number of carbonyl (C=O) groups is 1. The molecule has 6 heteroatoms. The first kappa shape index (κ1) is 18.4. The van der Waals surface area contributed by atoms with Crippen LogP contribution in [0, 0.1) is 0 Å². The molecule has 3 aromatic rings. The van der Waals surface area contributed by atoms with Gasteiger partial charge in [-0.15, -0.1) is 0 Å². The van der Waals surface area contributed by atoms with Crippen molar-refractivity contribution in [3.05, 3.63) is 88.2 Å². The van der Waals surface area contributed by atoms with Gasteiger partial charge in [0, 0.05) is 37.1 Å². The van der Waals surface area contributed by atoms with Crippen LogP contribution < -0.4 is 5.32 Å². The molecule has 0 unspecified atom stereocenters. The van der Waals surface area contributed by atoms with E-state index in [-0.39, 0.29) is 5.91 Å². The van der Waals surface area contributed by atoms with Gasteiger partial charge in [-0.2, -0.15) is 0 Å². The van der Waals surface area contributed by atoms with Crippen LogP contribution in [0.1, 0.15) is 27.0 Å². The molecule has 0 fully saturated rings. The Kier molecular flexibility index (Phi) is 5.53. The van der Waals surface area contributed by atoms with Gasteiger partial charge in [0.25, 0.3) is 5.91 Å². The standard InChI is InChI=1S/C22H21ClN4O/c23-20-7-3-4-16(12-20)8-10-24-22-25-13-19(14-26-22)21(28)27-11-9-17-5-1-2-6-18(17)15-27/h1-7,12-14H,8-11,15H2,(H,24,25,26). The summed E-state index contributed by atoms with van der Waals surface area (Å²) < 4.78 is 0. The summed E-state index contributed by atoms with van der Waals surface area (Å²) in [7, 11) is 0. The third-order valence-corrected chi connectivity index (χ3v) is 5.14. The molecule has 0 aliphatic carbocycles. The number of amides is 1. The first-order valence-corrected chi connectivity index (χ1v) is 9.73. The molecule has 2 aromatic carbocycles. The molecular formula is C22H21ClN4O. The van der Waals surface area contributed by atoms with Crippen molar-refractivity contribution in [2.24, 2.45) is 0 Å². The van der Waals surface area contributed by atoms with E-state index in [0.717, 1.165) is 30.0 Å². The summed E-state index contributed by atoms with van der Waals surface area (Å²) in [6.07, 6.45) is 4.89. The second-order valence-corrected chi connectivity index (χ2v) is 7.28. The van der Waals surface area contributed by atoms with Gasteiger partial charge in [0.05, 0.1) is 5.56 Å². The van der Waals surface area contributed by atoms with E-state index in [1.54, 1.807) is 12.4 Å². The van der Waals surface area contributed by atoms with Gasteiger partial charge >= 0.3 is 0 Å². The molecule has 1 N–H and O–H groups in total. The number of aromatic nitrogens is 2. The van der Waals surface area contributed by atoms with Gasteiger partial charge in [0.2, 0.25) is 5.95 Å². The van der Waals surface area contributed by atoms with Crippen molar-refractivity contribution >= 4 is 23.5 Å². The molecule has 1 amide bonds. The quantitative estimate of drug-likeness (QED) is 0.713. The van der Waals surface area contributed by atoms with Crippen molar-refractivity contribution in [2.75, 3.05) is 18.4 Å². The Labute approximate surface area is 169 Å². The van der Waals surface area contributed by atoms with Crippen molar-refractivity contribution in [1.29, 1.82) is 0 Å². The fraction of sp³-hybridized carbons (Fsp3) is 0.227. The highest BCUT2D eigenvalue weighted by Gasteiger charge is 2.22. The van der Waals surface area contributed by atoms with Crippen LogP contribution in [0.15, 0.2) is 60.9 Å². The summed E-state index contributed by atoms with van der Waals surface area (Å²) in [6, 6.07) is 16.0. The number of anilines is 1. The maximum Gasteiger partial charge on any atom is 0.257 e. The van der Waals surface area contributed by atoms with E-state index < -0.39 is 0 Å². The van der Waals surface area contributed by atoms with E-state index >= 15 is 0 Å². The molecule has 0 saturated heterocycles. The van der Waals surface area contributed by atoms with E-state index in [0.29, 0.717) is 24.6 Å². The highest BCUT2D eigenvalue weighted by Crippen LogP contribution is 2.20. The molecule has 0 radical (unpaired) electrons. The molecule has 142 valence electrons. The summed E-state index contributed by atoms with van der Waals surface area (Å²) >= 11 is 6.00. The highest BCUT2D eigenvalue weighted by atomic mass is 35.5. The zero-order valence-corrected chi connectivity index (χ0v) is 16.2. The zero-order chi connectivity index (χ0) is 19.3. The molecule has 1 aromatic heterocycles. The Morgan fingerprint density at radius 2 is 1.86 bits per heavy atom. The number of carbonyl (C=O) groups excluding carboxylic acids is 1. The maximum absolute atomic E-state index is 12.8. The molecule has 0 bridgehead atoms. The molecule has 0 spiro atoms. The van der Waals surface area contributed by atoms with Crippen molar-refractivity contribution in [2.45, 2.75) is 19.4 Å². The number of hydrogen-bond donors (Lipinski definition) is 1. The van der Waals surface area contributed by atoms with Crippen LogP contribution in [-0.4, -0.2) is 33.9 Å². The van der Waals surface area contributed by atoms with Gasteiger partial charge < -0.3 is 10.2 Å². The van der Waals surface area contributed by atoms with E-state index in [9.17, 15) is 4.79 Å². The number of nitrogens with zero attached hydrogens (tertiary/aromatic N) is 3. The number of halogens is 1. The van der Waals surface area contributed by atoms with E-state index in [1.807, 2.05) is 41.3 Å². The molecule has 1 aliphatic heterocycles. The lowest BCUT2D eigenvalue weighted by atomic mass is 9.99. The lowest BCUT2D eigenvalue weighted by Crippen LogP contribution is -2.36. The second-order valence-electron chi connectivity index (χ2n) is 6.85. The molecule has 5 nitrogen and oxygen atoms in total. The van der Waals surface area contributed by atoms with Gasteiger partial charge in [0.15, 0.2) is 0 Å². The lowest BCUT2D eigenvalue weighted by Gasteiger charge is -2.28. The summed E-state index contributed by atoms with van der Waals surface area (Å²) in [5.41, 5.74) is 4.20. The van der Waals surface area contributed by atoms with Crippen LogP contribution >= 0.6 is 11.6 Å². The van der Waals surface area contributed by atoms with Crippen LogP contribution in [0.25, 0.3) is 0 Å². The summed E-state index contributed by atoms with van der Waals surface area (Å²) in [5.74, 6) is 0.488. The lowest BCUT2D eigenvalue weighted by molar-refractivity contribution is 0.0734. The fourth-order valence-corrected chi connectivity index (χ4v) is 3.61. The normalized spacial score (nSPS) is 13.1. The van der Waals surface area contributed by atoms with Gasteiger partial charge in [0.1, 0.15) is 0 Å². The topological polar surface area (TPSA) is 58.1 Å². The van der Waals surface area contributed by atoms with Gasteiger partial charge in [-0.3, -0.25) is 4.79 Å². The third kappa shape index (κ3) is 4.31. The minimum atomic E-state index is -0.0278. The molecule has 0 saturated carbocycles. The SMILES string of the molecule is O=C(c1cnc(NCCc2cccc(Cl)c2)nc1)N1CCc2ccccc2C1. The third-order valence-electron chi connectivity index (χ3n) is 4.90. The Balaban J connectivity index is 1.33. The first-order valence-electron chi connectivity index (χ1n) is 9.35. The number of nitrogens with one attached hydrogen (secondary N) is 1. The maximum atomic E-state index is 12.8. The number of rotatable bonds is 5. The molecule has 0 atom stereocenters. The Morgan fingerprint density at radius 3 is 2.64 bits per heavy atom. The fourth-order valence-electron chi connectivity index (χ4n) is 3.39. The zero-order valence-electron chi connectivity index (χ0n) is 15.4. The van der Waals surface area contributed by atoms with E-state index in [4.69, 9.17) is 11.6 Å². The van der Waals surface area contributed by atoms with Gasteiger partial charge in [-0.25, -0.2) is 9.97 Å². The Morgan fingerprint density at radius 1 is 1.07 bits per heavy atom. The predicted molar refractivity (Wildman–Crippen MR) is 111 cm³/mol. The van der Waals surface area contributed by atoms with Crippen LogP contribution in [0.3, 0.4) is 0 Å². The molecule has 1 aliphatic rings. The van der Waals surface area contributed by atoms with Crippen LogP contribution in [0.2, 0.25) is 5.02 Å². The highest BCUT2D eigenvalue weighted by molar-refractivity contribution is 6.30. The van der Waals surface area contributed by atoms with E-state index in [1.165, 1.54) is 11.1 Å². The van der Waals surface area contributed by atoms with Crippen molar-refractivity contribution in [3.63, 3.8) is 0 Å². The summed E-state index contributed by atoms with van der Waals surface area (Å²) in [5, 5.41) is 3.91. The Hall–Kier alpha value is -2.92. The summed E-state index contributed by atoms with van der Waals surface area (Å²) in [4.78, 5) is 23.2. The van der Waals surface area contributed by atoms with E-state index in [2.05, 4.69) is 27.4 Å². The first-order chi connectivity index (χ1) is 13.7. The molecule has 28 heavy (non-hydrogen) atoms. The largest absolute Gasteiger partial charge is 0.354 e. The molecule has 4 rings (SSSR count). The Bertz CT molecular complexity index is 974. The van der Waals surface area contributed by atoms with Crippen molar-refractivity contribution in [3.8, 4) is 0 Å². The van der Waals surface area contributed by atoms with Crippen molar-refractivity contribution in [1.82, 2.24) is 14.9 Å². The van der Waals surface area contributed by atoms with Crippen LogP contribution in [0.5, 0.6) is 0 Å². The average Bonchev–Trinajstić information content (AvgIpc) is 2.73. The average molecular weight is 393 g/mol. The van der Waals surface area contributed by atoms with Gasteiger partial charge in [-0.1, -0.05) is 48.0 Å². The second kappa shape index (κ2) is 8.40. The smallest absolute Gasteiger partial charge is 0.257 e. The molecule has 2 heterocycles. The number of benzene rings is 2. The summed E-state index contributed by atoms with van der Waals surface area (Å²) in [6.45, 7) is 2.04. The minimum absolute atomic E-state index is 0.0278. The molecular weight excluding hydrogens is 372 g/mol. The van der Waals surface area contributed by atoms with Gasteiger partial charge in [-0.05, 0) is 41.7 Å². The van der Waals surface area contributed by atoms with Crippen molar-refractivity contribution < 1.29 is 4.79 Å². The van der Waals surface area contributed by atoms with Crippen LogP contribution in [-0.2, 0) is 19.4 Å². The van der Waals surface area contributed by atoms with Crippen LogP contribution in [0.4, 0.5) is 5.95 Å².